The zero-order valence-electron chi connectivity index (χ0n) is 21.6. The van der Waals surface area contributed by atoms with Crippen LogP contribution in [0.2, 0.25) is 0 Å². The molecule has 0 aliphatic carbocycles. The predicted octanol–water partition coefficient (Wildman–Crippen LogP) is 5.72. The third-order valence-electron chi connectivity index (χ3n) is 7.26. The van der Waals surface area contributed by atoms with Gasteiger partial charge in [-0.1, -0.05) is 45.4 Å². The minimum atomic E-state index is -3.72. The number of halogens is 1. The molecule has 2 saturated heterocycles. The molecule has 3 aromatic carbocycles. The Labute approximate surface area is 238 Å². The number of rotatable bonds is 6. The van der Waals surface area contributed by atoms with Crippen LogP contribution in [0.5, 0.6) is 0 Å². The van der Waals surface area contributed by atoms with E-state index in [0.717, 1.165) is 23.2 Å². The van der Waals surface area contributed by atoms with Crippen molar-refractivity contribution in [3.8, 4) is 0 Å². The van der Waals surface area contributed by atoms with Crippen LogP contribution in [0.25, 0.3) is 0 Å². The highest BCUT2D eigenvalue weighted by molar-refractivity contribution is 9.10. The van der Waals surface area contributed by atoms with E-state index in [1.54, 1.807) is 36.0 Å². The Kier molecular flexibility index (Phi) is 8.19. The van der Waals surface area contributed by atoms with Crippen LogP contribution in [0.3, 0.4) is 0 Å². The van der Waals surface area contributed by atoms with Gasteiger partial charge in [0, 0.05) is 52.7 Å². The molecule has 200 valence electrons. The number of amides is 1. The van der Waals surface area contributed by atoms with Crippen molar-refractivity contribution < 1.29 is 13.2 Å². The molecule has 2 fully saturated rings. The van der Waals surface area contributed by atoms with E-state index in [0.29, 0.717) is 32.5 Å². The molecule has 0 bridgehead atoms. The molecule has 0 N–H and O–H groups in total. The Hall–Kier alpha value is -2.33. The molecule has 0 radical (unpaired) electrons. The minimum absolute atomic E-state index is 0.0805. The van der Waals surface area contributed by atoms with Crippen LogP contribution in [-0.2, 0) is 14.8 Å². The van der Waals surface area contributed by atoms with Gasteiger partial charge >= 0.3 is 0 Å². The zero-order valence-corrected chi connectivity index (χ0v) is 24.9. The summed E-state index contributed by atoms with van der Waals surface area (Å²) < 4.78 is 28.8. The van der Waals surface area contributed by atoms with E-state index >= 15 is 0 Å². The summed E-state index contributed by atoms with van der Waals surface area (Å²) >= 11 is 5.12. The lowest BCUT2D eigenvalue weighted by Crippen LogP contribution is -2.54. The second-order valence-electron chi connectivity index (χ2n) is 9.90. The van der Waals surface area contributed by atoms with Crippen molar-refractivity contribution in [3.05, 3.63) is 82.3 Å². The van der Waals surface area contributed by atoms with E-state index in [2.05, 4.69) is 77.1 Å². The second-order valence-corrected chi connectivity index (χ2v) is 13.8. The Morgan fingerprint density at radius 3 is 2.24 bits per heavy atom. The third kappa shape index (κ3) is 5.81. The summed E-state index contributed by atoms with van der Waals surface area (Å²) in [5.74, 6) is -0.0805. The highest BCUT2D eigenvalue weighted by Crippen LogP contribution is 2.33. The van der Waals surface area contributed by atoms with Crippen molar-refractivity contribution in [1.29, 1.82) is 0 Å². The van der Waals surface area contributed by atoms with Crippen molar-refractivity contribution in [3.63, 3.8) is 0 Å². The van der Waals surface area contributed by atoms with E-state index in [1.165, 1.54) is 25.2 Å². The standard InChI is InChI=1S/C29H32BrN3O3S2/c1-21-5-14-28(22(2)20-21)37-25-10-8-24(9-11-25)31-16-18-32(19-17-31)29(34)27-4-3-15-33(27)38(35,36)26-12-6-23(30)7-13-26/h5-14,20,27H,3-4,15-19H2,1-2H3. The third-order valence-corrected chi connectivity index (χ3v) is 10.9. The van der Waals surface area contributed by atoms with Gasteiger partial charge in [-0.3, -0.25) is 4.79 Å². The van der Waals surface area contributed by atoms with Gasteiger partial charge in [0.15, 0.2) is 0 Å². The number of carbonyl (C=O) groups excluding carboxylic acids is 1. The first kappa shape index (κ1) is 27.2. The number of hydrogen-bond acceptors (Lipinski definition) is 5. The van der Waals surface area contributed by atoms with Gasteiger partial charge in [-0.05, 0) is 86.8 Å². The quantitative estimate of drug-likeness (QED) is 0.356. The molecular weight excluding hydrogens is 582 g/mol. The number of nitrogens with zero attached hydrogens (tertiary/aromatic N) is 3. The zero-order chi connectivity index (χ0) is 26.9. The van der Waals surface area contributed by atoms with Crippen molar-refractivity contribution in [2.24, 2.45) is 0 Å². The fraction of sp³-hybridized carbons (Fsp3) is 0.345. The van der Waals surface area contributed by atoms with Gasteiger partial charge in [0.05, 0.1) is 4.90 Å². The molecule has 1 unspecified atom stereocenters. The van der Waals surface area contributed by atoms with Crippen LogP contribution in [0.15, 0.2) is 85.9 Å². The van der Waals surface area contributed by atoms with Crippen LogP contribution in [0.4, 0.5) is 5.69 Å². The van der Waals surface area contributed by atoms with E-state index in [1.807, 2.05) is 4.90 Å². The second kappa shape index (κ2) is 11.4. The van der Waals surface area contributed by atoms with Crippen LogP contribution in [-0.4, -0.2) is 62.3 Å². The SMILES string of the molecule is Cc1ccc(Sc2ccc(N3CCN(C(=O)C4CCCN4S(=O)(=O)c4ccc(Br)cc4)CC3)cc2)c(C)c1. The molecule has 2 heterocycles. The van der Waals surface area contributed by atoms with Crippen molar-refractivity contribution >= 4 is 49.3 Å². The summed E-state index contributed by atoms with van der Waals surface area (Å²) in [6, 6.07) is 21.1. The first-order chi connectivity index (χ1) is 18.2. The molecule has 3 aromatic rings. The van der Waals surface area contributed by atoms with Crippen LogP contribution in [0.1, 0.15) is 24.0 Å². The van der Waals surface area contributed by atoms with Crippen LogP contribution in [0, 0.1) is 13.8 Å². The first-order valence-electron chi connectivity index (χ1n) is 12.9. The van der Waals surface area contributed by atoms with Gasteiger partial charge in [-0.25, -0.2) is 8.42 Å². The van der Waals surface area contributed by atoms with Crippen molar-refractivity contribution in [2.45, 2.75) is 47.4 Å². The average Bonchev–Trinajstić information content (AvgIpc) is 3.42. The molecular formula is C29H32BrN3O3S2. The molecule has 6 nitrogen and oxygen atoms in total. The number of carbonyl (C=O) groups is 1. The van der Waals surface area contributed by atoms with E-state index in [9.17, 15) is 13.2 Å². The lowest BCUT2D eigenvalue weighted by atomic mass is 10.1. The lowest BCUT2D eigenvalue weighted by molar-refractivity contribution is -0.134. The molecule has 2 aliphatic heterocycles. The summed E-state index contributed by atoms with van der Waals surface area (Å²) in [4.78, 5) is 20.3. The molecule has 0 aromatic heterocycles. The Balaban J connectivity index is 1.20. The maximum absolute atomic E-state index is 13.4. The Bertz CT molecular complexity index is 1400. The molecule has 1 amide bonds. The van der Waals surface area contributed by atoms with Crippen molar-refractivity contribution in [2.75, 3.05) is 37.6 Å². The fourth-order valence-electron chi connectivity index (χ4n) is 5.18. The molecule has 2 aliphatic rings. The number of benzene rings is 3. The Morgan fingerprint density at radius 2 is 1.58 bits per heavy atom. The molecule has 0 spiro atoms. The molecule has 38 heavy (non-hydrogen) atoms. The maximum Gasteiger partial charge on any atom is 0.243 e. The molecule has 5 rings (SSSR count). The topological polar surface area (TPSA) is 60.9 Å². The summed E-state index contributed by atoms with van der Waals surface area (Å²) in [5, 5.41) is 0. The van der Waals surface area contributed by atoms with Gasteiger partial charge in [0.2, 0.25) is 15.9 Å². The fourth-order valence-corrected chi connectivity index (χ4v) is 7.98. The van der Waals surface area contributed by atoms with Crippen molar-refractivity contribution in [1.82, 2.24) is 9.21 Å². The van der Waals surface area contributed by atoms with Crippen LogP contribution < -0.4 is 4.90 Å². The van der Waals surface area contributed by atoms with E-state index in [-0.39, 0.29) is 10.8 Å². The highest BCUT2D eigenvalue weighted by Gasteiger charge is 2.41. The summed E-state index contributed by atoms with van der Waals surface area (Å²) in [6.07, 6.45) is 1.26. The smallest absolute Gasteiger partial charge is 0.243 e. The van der Waals surface area contributed by atoms with E-state index in [4.69, 9.17) is 0 Å². The minimum Gasteiger partial charge on any atom is -0.368 e. The summed E-state index contributed by atoms with van der Waals surface area (Å²) in [6.45, 7) is 7.25. The highest BCUT2D eigenvalue weighted by atomic mass is 79.9. The van der Waals surface area contributed by atoms with Gasteiger partial charge in [-0.2, -0.15) is 4.31 Å². The monoisotopic (exact) mass is 613 g/mol. The number of hydrogen-bond donors (Lipinski definition) is 0. The Morgan fingerprint density at radius 1 is 0.895 bits per heavy atom. The largest absolute Gasteiger partial charge is 0.368 e. The van der Waals surface area contributed by atoms with Crippen LogP contribution >= 0.6 is 27.7 Å². The first-order valence-corrected chi connectivity index (χ1v) is 15.9. The summed E-state index contributed by atoms with van der Waals surface area (Å²) in [7, 11) is -3.72. The number of sulfonamides is 1. The number of piperazine rings is 1. The van der Waals surface area contributed by atoms with Gasteiger partial charge in [0.1, 0.15) is 6.04 Å². The predicted molar refractivity (Wildman–Crippen MR) is 156 cm³/mol. The molecule has 9 heteroatoms. The van der Waals surface area contributed by atoms with Gasteiger partial charge in [0.25, 0.3) is 0 Å². The van der Waals surface area contributed by atoms with Gasteiger partial charge in [-0.15, -0.1) is 0 Å². The number of aryl methyl sites for hydroxylation is 2. The average molecular weight is 615 g/mol. The molecule has 1 atom stereocenters. The van der Waals surface area contributed by atoms with Gasteiger partial charge < -0.3 is 9.80 Å². The maximum atomic E-state index is 13.4. The number of anilines is 1. The normalized spacial score (nSPS) is 18.7. The lowest BCUT2D eigenvalue weighted by Gasteiger charge is -2.38. The van der Waals surface area contributed by atoms with E-state index < -0.39 is 16.1 Å². The summed E-state index contributed by atoms with van der Waals surface area (Å²) in [5.41, 5.74) is 3.69. The molecule has 0 saturated carbocycles.